The van der Waals surface area contributed by atoms with E-state index in [1.807, 2.05) is 36.4 Å². The molecule has 0 spiro atoms. The maximum Gasteiger partial charge on any atom is 0.274 e. The minimum Gasteiger partial charge on any atom is -0.382 e. The number of aromatic nitrogens is 2. The SMILES string of the molecule is CCN1CC[C@H](NC(=O)c2nc(-c3cccc(C(=O)NCc4ccccc4)c3)cnc2N)C1. The largest absolute Gasteiger partial charge is 0.382 e. The lowest BCUT2D eigenvalue weighted by Crippen LogP contribution is -2.38. The van der Waals surface area contributed by atoms with Crippen LogP contribution in [0.1, 0.15) is 39.8 Å². The fraction of sp³-hybridized carbons (Fsp3) is 0.280. The number of hydrogen-bond donors (Lipinski definition) is 3. The number of anilines is 1. The van der Waals surface area contributed by atoms with E-state index in [-0.39, 0.29) is 29.4 Å². The Hall–Kier alpha value is -3.78. The molecule has 1 saturated heterocycles. The molecule has 4 N–H and O–H groups in total. The minimum atomic E-state index is -0.332. The van der Waals surface area contributed by atoms with E-state index in [4.69, 9.17) is 5.73 Å². The number of nitrogen functional groups attached to an aromatic ring is 1. The van der Waals surface area contributed by atoms with Crippen LogP contribution in [0.15, 0.2) is 60.8 Å². The second kappa shape index (κ2) is 10.2. The first-order chi connectivity index (χ1) is 16.0. The van der Waals surface area contributed by atoms with Crippen LogP contribution in [0.5, 0.6) is 0 Å². The molecular weight excluding hydrogens is 416 g/mol. The first-order valence-electron chi connectivity index (χ1n) is 11.1. The van der Waals surface area contributed by atoms with Crippen LogP contribution in [0.2, 0.25) is 0 Å². The van der Waals surface area contributed by atoms with E-state index < -0.39 is 0 Å². The summed E-state index contributed by atoms with van der Waals surface area (Å²) in [5.41, 5.74) is 8.74. The molecule has 8 nitrogen and oxygen atoms in total. The maximum absolute atomic E-state index is 12.8. The highest BCUT2D eigenvalue weighted by molar-refractivity contribution is 5.97. The topological polar surface area (TPSA) is 113 Å². The maximum atomic E-state index is 12.8. The van der Waals surface area contributed by atoms with Gasteiger partial charge in [0.25, 0.3) is 11.8 Å². The first-order valence-corrected chi connectivity index (χ1v) is 11.1. The summed E-state index contributed by atoms with van der Waals surface area (Å²) in [5, 5.41) is 5.93. The van der Waals surface area contributed by atoms with Gasteiger partial charge in [-0.25, -0.2) is 9.97 Å². The quantitative estimate of drug-likeness (QED) is 0.516. The lowest BCUT2D eigenvalue weighted by molar-refractivity contribution is 0.0930. The number of nitrogens with one attached hydrogen (secondary N) is 2. The molecule has 0 bridgehead atoms. The summed E-state index contributed by atoms with van der Waals surface area (Å²) >= 11 is 0. The zero-order valence-corrected chi connectivity index (χ0v) is 18.6. The zero-order chi connectivity index (χ0) is 23.2. The van der Waals surface area contributed by atoms with Gasteiger partial charge in [0.15, 0.2) is 11.5 Å². The van der Waals surface area contributed by atoms with Crippen molar-refractivity contribution in [3.8, 4) is 11.3 Å². The van der Waals surface area contributed by atoms with E-state index in [9.17, 15) is 9.59 Å². The van der Waals surface area contributed by atoms with Crippen LogP contribution in [0, 0.1) is 0 Å². The molecule has 0 radical (unpaired) electrons. The zero-order valence-electron chi connectivity index (χ0n) is 18.6. The summed E-state index contributed by atoms with van der Waals surface area (Å²) in [7, 11) is 0. The average molecular weight is 445 g/mol. The van der Waals surface area contributed by atoms with Crippen molar-refractivity contribution in [1.29, 1.82) is 0 Å². The second-order valence-corrected chi connectivity index (χ2v) is 8.09. The van der Waals surface area contributed by atoms with E-state index in [1.54, 1.807) is 18.2 Å². The number of amides is 2. The molecule has 8 heteroatoms. The molecule has 0 unspecified atom stereocenters. The molecule has 1 aliphatic rings. The van der Waals surface area contributed by atoms with Crippen molar-refractivity contribution in [3.63, 3.8) is 0 Å². The normalized spacial score (nSPS) is 15.8. The van der Waals surface area contributed by atoms with Crippen LogP contribution in [-0.4, -0.2) is 52.4 Å². The molecule has 2 heterocycles. The van der Waals surface area contributed by atoms with Crippen LogP contribution in [0.3, 0.4) is 0 Å². The number of likely N-dealkylation sites (N-methyl/N-ethyl adjacent to an activating group) is 1. The standard InChI is InChI=1S/C25H28N6O2/c1-2-31-12-11-20(16-31)29-25(33)22-23(26)27-15-21(30-22)18-9-6-10-19(13-18)24(32)28-14-17-7-4-3-5-8-17/h3-10,13,15,20H,2,11-12,14,16H2,1H3,(H2,26,27)(H,28,32)(H,29,33)/t20-/m0/s1. The van der Waals surface area contributed by atoms with Gasteiger partial charge in [-0.15, -0.1) is 0 Å². The molecule has 4 rings (SSSR count). The Kier molecular flexibility index (Phi) is 6.95. The second-order valence-electron chi connectivity index (χ2n) is 8.09. The summed E-state index contributed by atoms with van der Waals surface area (Å²) < 4.78 is 0. The van der Waals surface area contributed by atoms with E-state index >= 15 is 0 Å². The van der Waals surface area contributed by atoms with Crippen LogP contribution < -0.4 is 16.4 Å². The Balaban J connectivity index is 1.47. The molecule has 1 aliphatic heterocycles. The lowest BCUT2D eigenvalue weighted by atomic mass is 10.1. The summed E-state index contributed by atoms with van der Waals surface area (Å²) in [6.45, 7) is 5.27. The number of nitrogens with two attached hydrogens (primary N) is 1. The Labute approximate surface area is 193 Å². The molecule has 0 saturated carbocycles. The van der Waals surface area contributed by atoms with Gasteiger partial charge in [-0.05, 0) is 30.7 Å². The van der Waals surface area contributed by atoms with Gasteiger partial charge in [-0.1, -0.05) is 49.4 Å². The summed E-state index contributed by atoms with van der Waals surface area (Å²) in [5.74, 6) is -0.441. The number of likely N-dealkylation sites (tertiary alicyclic amines) is 1. The van der Waals surface area contributed by atoms with Crippen molar-refractivity contribution in [2.45, 2.75) is 25.9 Å². The van der Waals surface area contributed by atoms with Gasteiger partial charge in [0.05, 0.1) is 11.9 Å². The van der Waals surface area contributed by atoms with Crippen molar-refractivity contribution in [1.82, 2.24) is 25.5 Å². The number of carbonyl (C=O) groups excluding carboxylic acids is 2. The monoisotopic (exact) mass is 444 g/mol. The van der Waals surface area contributed by atoms with Crippen molar-refractivity contribution in [2.75, 3.05) is 25.4 Å². The third-order valence-corrected chi connectivity index (χ3v) is 5.79. The van der Waals surface area contributed by atoms with Crippen molar-refractivity contribution in [2.24, 2.45) is 0 Å². The minimum absolute atomic E-state index is 0.0685. The molecular formula is C25H28N6O2. The van der Waals surface area contributed by atoms with Crippen molar-refractivity contribution in [3.05, 3.63) is 77.6 Å². The molecule has 170 valence electrons. The van der Waals surface area contributed by atoms with E-state index in [1.165, 1.54) is 6.20 Å². The lowest BCUT2D eigenvalue weighted by Gasteiger charge is -2.15. The predicted octanol–water partition coefficient (Wildman–Crippen LogP) is 2.48. The summed E-state index contributed by atoms with van der Waals surface area (Å²) in [6.07, 6.45) is 2.41. The molecule has 3 aromatic rings. The van der Waals surface area contributed by atoms with E-state index in [0.717, 1.165) is 31.6 Å². The Bertz CT molecular complexity index is 1130. The van der Waals surface area contributed by atoms with Crippen LogP contribution in [-0.2, 0) is 6.54 Å². The highest BCUT2D eigenvalue weighted by Crippen LogP contribution is 2.20. The van der Waals surface area contributed by atoms with Crippen molar-refractivity contribution >= 4 is 17.6 Å². The van der Waals surface area contributed by atoms with Gasteiger partial charge in [0.1, 0.15) is 0 Å². The summed E-state index contributed by atoms with van der Waals surface area (Å²) in [6, 6.07) is 16.9. The molecule has 1 aromatic heterocycles. The van der Waals surface area contributed by atoms with Gasteiger partial charge in [0.2, 0.25) is 0 Å². The molecule has 1 atom stereocenters. The highest BCUT2D eigenvalue weighted by Gasteiger charge is 2.25. The molecule has 1 fully saturated rings. The Morgan fingerprint density at radius 2 is 1.94 bits per heavy atom. The third kappa shape index (κ3) is 5.53. The third-order valence-electron chi connectivity index (χ3n) is 5.79. The fourth-order valence-electron chi connectivity index (χ4n) is 3.90. The van der Waals surface area contributed by atoms with Gasteiger partial charge >= 0.3 is 0 Å². The van der Waals surface area contributed by atoms with Gasteiger partial charge < -0.3 is 21.3 Å². The Morgan fingerprint density at radius 3 is 2.70 bits per heavy atom. The smallest absolute Gasteiger partial charge is 0.274 e. The number of nitrogens with zero attached hydrogens (tertiary/aromatic N) is 3. The summed E-state index contributed by atoms with van der Waals surface area (Å²) in [4.78, 5) is 36.4. The highest BCUT2D eigenvalue weighted by atomic mass is 16.2. The van der Waals surface area contributed by atoms with E-state index in [2.05, 4.69) is 32.4 Å². The first kappa shape index (κ1) is 22.4. The average Bonchev–Trinajstić information content (AvgIpc) is 3.31. The van der Waals surface area contributed by atoms with Crippen LogP contribution in [0.25, 0.3) is 11.3 Å². The fourth-order valence-corrected chi connectivity index (χ4v) is 3.90. The Morgan fingerprint density at radius 1 is 1.12 bits per heavy atom. The van der Waals surface area contributed by atoms with Gasteiger partial charge in [-0.3, -0.25) is 9.59 Å². The van der Waals surface area contributed by atoms with Gasteiger partial charge in [0, 0.05) is 36.8 Å². The number of rotatable bonds is 7. The van der Waals surface area contributed by atoms with Crippen LogP contribution >= 0.6 is 0 Å². The molecule has 33 heavy (non-hydrogen) atoms. The predicted molar refractivity (Wildman–Crippen MR) is 127 cm³/mol. The number of benzene rings is 2. The number of carbonyl (C=O) groups is 2. The van der Waals surface area contributed by atoms with E-state index in [0.29, 0.717) is 23.4 Å². The van der Waals surface area contributed by atoms with Crippen LogP contribution in [0.4, 0.5) is 5.82 Å². The van der Waals surface area contributed by atoms with Crippen molar-refractivity contribution < 1.29 is 9.59 Å². The molecule has 2 amide bonds. The molecule has 0 aliphatic carbocycles. The van der Waals surface area contributed by atoms with Gasteiger partial charge in [-0.2, -0.15) is 0 Å². The molecule has 2 aromatic carbocycles. The number of hydrogen-bond acceptors (Lipinski definition) is 6.